The van der Waals surface area contributed by atoms with Gasteiger partial charge in [0.2, 0.25) is 5.91 Å². The molecule has 0 bridgehead atoms. The van der Waals surface area contributed by atoms with E-state index in [1.165, 1.54) is 44.4 Å². The predicted molar refractivity (Wildman–Crippen MR) is 119 cm³/mol. The lowest BCUT2D eigenvalue weighted by Crippen LogP contribution is -2.44. The second kappa shape index (κ2) is 9.21. The number of aromatic hydroxyl groups is 1. The van der Waals surface area contributed by atoms with E-state index in [2.05, 4.69) is 5.32 Å². The third-order valence-corrected chi connectivity index (χ3v) is 5.91. The summed E-state index contributed by atoms with van der Waals surface area (Å²) in [5.74, 6) is -1.23. The number of hydrogen-bond donors (Lipinski definition) is 2. The van der Waals surface area contributed by atoms with Crippen molar-refractivity contribution in [3.63, 3.8) is 0 Å². The minimum atomic E-state index is -4.65. The van der Waals surface area contributed by atoms with E-state index in [4.69, 9.17) is 17.0 Å². The van der Waals surface area contributed by atoms with Gasteiger partial charge in [-0.05, 0) is 42.8 Å². The van der Waals surface area contributed by atoms with Gasteiger partial charge < -0.3 is 15.2 Å². The van der Waals surface area contributed by atoms with Crippen molar-refractivity contribution in [3.8, 4) is 11.5 Å². The monoisotopic (exact) mass is 482 g/mol. The first-order valence-electron chi connectivity index (χ1n) is 9.14. The van der Waals surface area contributed by atoms with E-state index in [9.17, 15) is 27.9 Å². The minimum absolute atomic E-state index is 0.0679. The Balaban J connectivity index is 1.81. The average Bonchev–Trinajstić information content (AvgIpc) is 3.01. The van der Waals surface area contributed by atoms with E-state index >= 15 is 0 Å². The number of nitrogens with zero attached hydrogens (tertiary/aromatic N) is 1. The number of para-hydroxylation sites is 1. The molecule has 0 radical (unpaired) electrons. The number of thiocarbonyl (C=S) groups is 1. The number of thioether (sulfide) groups is 1. The summed E-state index contributed by atoms with van der Waals surface area (Å²) in [5.41, 5.74) is -0.850. The van der Waals surface area contributed by atoms with Crippen LogP contribution in [0.4, 0.5) is 18.9 Å². The van der Waals surface area contributed by atoms with Crippen molar-refractivity contribution >= 4 is 51.9 Å². The van der Waals surface area contributed by atoms with Crippen molar-refractivity contribution < 1.29 is 32.6 Å². The molecule has 2 amide bonds. The lowest BCUT2D eigenvalue weighted by atomic mass is 10.1. The molecule has 0 aromatic heterocycles. The number of phenols is 1. The van der Waals surface area contributed by atoms with Gasteiger partial charge in [-0.2, -0.15) is 13.2 Å². The van der Waals surface area contributed by atoms with Crippen LogP contribution in [0.15, 0.2) is 47.4 Å². The fourth-order valence-electron chi connectivity index (χ4n) is 2.94. The van der Waals surface area contributed by atoms with Crippen LogP contribution in [-0.2, 0) is 15.8 Å². The molecule has 1 aliphatic rings. The largest absolute Gasteiger partial charge is 0.504 e. The van der Waals surface area contributed by atoms with E-state index in [0.717, 1.165) is 28.8 Å². The maximum absolute atomic E-state index is 13.2. The van der Waals surface area contributed by atoms with Gasteiger partial charge in [-0.1, -0.05) is 42.2 Å². The molecule has 0 spiro atoms. The zero-order valence-corrected chi connectivity index (χ0v) is 18.4. The van der Waals surface area contributed by atoms with Gasteiger partial charge in [-0.15, -0.1) is 0 Å². The van der Waals surface area contributed by atoms with Crippen molar-refractivity contribution in [2.24, 2.45) is 0 Å². The van der Waals surface area contributed by atoms with Gasteiger partial charge in [0, 0.05) is 0 Å². The third kappa shape index (κ3) is 4.89. The quantitative estimate of drug-likeness (QED) is 0.477. The number of rotatable bonds is 5. The van der Waals surface area contributed by atoms with Crippen LogP contribution < -0.4 is 10.1 Å². The van der Waals surface area contributed by atoms with Gasteiger partial charge in [-0.3, -0.25) is 14.5 Å². The molecule has 1 atom stereocenters. The Labute approximate surface area is 191 Å². The molecule has 1 unspecified atom stereocenters. The summed E-state index contributed by atoms with van der Waals surface area (Å²) in [6.07, 6.45) is -3.13. The summed E-state index contributed by atoms with van der Waals surface area (Å²) in [6.45, 7) is 1.38. The van der Waals surface area contributed by atoms with Crippen LogP contribution in [0.5, 0.6) is 11.5 Å². The highest BCUT2D eigenvalue weighted by Crippen LogP contribution is 2.37. The number of methoxy groups -OCH3 is 1. The van der Waals surface area contributed by atoms with Crippen LogP contribution in [0.25, 0.3) is 6.08 Å². The zero-order chi connectivity index (χ0) is 23.6. The molecule has 2 aromatic rings. The van der Waals surface area contributed by atoms with Gasteiger partial charge in [0.1, 0.15) is 10.4 Å². The van der Waals surface area contributed by atoms with Crippen LogP contribution in [0.1, 0.15) is 18.1 Å². The number of amides is 2. The van der Waals surface area contributed by atoms with Crippen molar-refractivity contribution in [1.29, 1.82) is 0 Å². The number of phenolic OH excluding ortho intramolecular Hbond substituents is 1. The molecule has 0 aliphatic carbocycles. The molecule has 3 rings (SSSR count). The molecule has 1 heterocycles. The molecule has 0 saturated carbocycles. The predicted octanol–water partition coefficient (Wildman–Crippen LogP) is 4.65. The molecule has 6 nitrogen and oxygen atoms in total. The Bertz CT molecular complexity index is 1120. The lowest BCUT2D eigenvalue weighted by Gasteiger charge is -2.23. The smallest absolute Gasteiger partial charge is 0.418 e. The topological polar surface area (TPSA) is 78.9 Å². The molecular weight excluding hydrogens is 465 g/mol. The molecule has 2 N–H and O–H groups in total. The number of carbonyl (C=O) groups is 2. The number of ether oxygens (including phenoxy) is 1. The number of halogens is 3. The first-order valence-corrected chi connectivity index (χ1v) is 10.4. The lowest BCUT2D eigenvalue weighted by molar-refractivity contribution is -0.137. The van der Waals surface area contributed by atoms with Crippen LogP contribution in [0, 0.1) is 0 Å². The molecule has 1 fully saturated rings. The molecule has 1 saturated heterocycles. The van der Waals surface area contributed by atoms with E-state index < -0.39 is 35.3 Å². The summed E-state index contributed by atoms with van der Waals surface area (Å²) in [6, 6.07) is 7.91. The third-order valence-electron chi connectivity index (χ3n) is 4.58. The normalized spacial score (nSPS) is 16.4. The number of anilines is 1. The summed E-state index contributed by atoms with van der Waals surface area (Å²) >= 11 is 6.19. The van der Waals surface area contributed by atoms with Gasteiger partial charge in [0.15, 0.2) is 11.5 Å². The number of benzene rings is 2. The number of hydrogen-bond acceptors (Lipinski definition) is 6. The SMILES string of the molecule is COc1cc(/C=C2\SC(=S)N(C(C)C(=O)Nc3ccccc3C(F)(F)F)C2=O)ccc1O. The second-order valence-electron chi connectivity index (χ2n) is 6.69. The Morgan fingerprint density at radius 3 is 2.62 bits per heavy atom. The number of nitrogens with one attached hydrogen (secondary N) is 1. The molecule has 2 aromatic carbocycles. The molecular formula is C21H17F3N2O4S2. The Kier molecular flexibility index (Phi) is 6.79. The number of alkyl halides is 3. The maximum atomic E-state index is 13.2. The average molecular weight is 483 g/mol. The Morgan fingerprint density at radius 1 is 1.28 bits per heavy atom. The summed E-state index contributed by atoms with van der Waals surface area (Å²) in [4.78, 5) is 26.8. The molecule has 168 valence electrons. The zero-order valence-electron chi connectivity index (χ0n) is 16.8. The van der Waals surface area contributed by atoms with Crippen molar-refractivity contribution in [2.45, 2.75) is 19.1 Å². The summed E-state index contributed by atoms with van der Waals surface area (Å²) < 4.78 is 44.7. The van der Waals surface area contributed by atoms with E-state index in [0.29, 0.717) is 5.56 Å². The number of carbonyl (C=O) groups excluding carboxylic acids is 2. The summed E-state index contributed by atoms with van der Waals surface area (Å²) in [7, 11) is 1.38. The van der Waals surface area contributed by atoms with Crippen LogP contribution in [0.3, 0.4) is 0 Å². The van der Waals surface area contributed by atoms with Crippen molar-refractivity contribution in [2.75, 3.05) is 12.4 Å². The summed E-state index contributed by atoms with van der Waals surface area (Å²) in [5, 5.41) is 11.9. The van der Waals surface area contributed by atoms with Crippen LogP contribution in [0.2, 0.25) is 0 Å². The highest BCUT2D eigenvalue weighted by molar-refractivity contribution is 8.26. The highest BCUT2D eigenvalue weighted by Gasteiger charge is 2.39. The van der Waals surface area contributed by atoms with Crippen molar-refractivity contribution in [3.05, 3.63) is 58.5 Å². The Hall–Kier alpha value is -3.05. The Morgan fingerprint density at radius 2 is 1.97 bits per heavy atom. The minimum Gasteiger partial charge on any atom is -0.504 e. The van der Waals surface area contributed by atoms with Crippen LogP contribution >= 0.6 is 24.0 Å². The first-order chi connectivity index (χ1) is 15.0. The molecule has 32 heavy (non-hydrogen) atoms. The van der Waals surface area contributed by atoms with E-state index in [1.54, 1.807) is 6.07 Å². The molecule has 1 aliphatic heterocycles. The van der Waals surface area contributed by atoms with Crippen LogP contribution in [-0.4, -0.2) is 39.3 Å². The second-order valence-corrected chi connectivity index (χ2v) is 8.37. The van der Waals surface area contributed by atoms with Gasteiger partial charge in [0.05, 0.1) is 23.3 Å². The maximum Gasteiger partial charge on any atom is 0.418 e. The van der Waals surface area contributed by atoms with Gasteiger partial charge in [-0.25, -0.2) is 0 Å². The van der Waals surface area contributed by atoms with E-state index in [-0.39, 0.29) is 20.7 Å². The molecule has 11 heteroatoms. The fourth-order valence-corrected chi connectivity index (χ4v) is 4.36. The highest BCUT2D eigenvalue weighted by atomic mass is 32.2. The van der Waals surface area contributed by atoms with Gasteiger partial charge >= 0.3 is 6.18 Å². The first kappa shape index (κ1) is 23.6. The van der Waals surface area contributed by atoms with Crippen molar-refractivity contribution in [1.82, 2.24) is 4.90 Å². The van der Waals surface area contributed by atoms with Gasteiger partial charge in [0.25, 0.3) is 5.91 Å². The fraction of sp³-hybridized carbons (Fsp3) is 0.190. The standard InChI is InChI=1S/C21H17F3N2O4S2/c1-11(18(28)25-14-6-4-3-5-13(14)21(22,23)24)26-19(29)17(32-20(26)31)10-12-7-8-15(27)16(9-12)30-2/h3-11,27H,1-2H3,(H,25,28)/b17-10-. The van der Waals surface area contributed by atoms with E-state index in [1.807, 2.05) is 0 Å².